The van der Waals surface area contributed by atoms with Crippen LogP contribution in [0.5, 0.6) is 5.75 Å². The third-order valence-corrected chi connectivity index (χ3v) is 5.42. The molecule has 1 heterocycles. The van der Waals surface area contributed by atoms with Crippen LogP contribution in [0.4, 0.5) is 4.39 Å². The number of ether oxygens (including phenoxy) is 2. The molecule has 0 saturated heterocycles. The Morgan fingerprint density at radius 3 is 2.37 bits per heavy atom. The maximum atomic E-state index is 12.2. The highest BCUT2D eigenvalue weighted by molar-refractivity contribution is 8.13. The smallest absolute Gasteiger partial charge is 0.337 e. The molecule has 0 aliphatic carbocycles. The van der Waals surface area contributed by atoms with Crippen molar-refractivity contribution < 1.29 is 23.1 Å². The zero-order valence-electron chi connectivity index (χ0n) is 23.4. The third kappa shape index (κ3) is 14.6. The quantitative estimate of drug-likeness (QED) is 0.0992. The van der Waals surface area contributed by atoms with E-state index in [1.807, 2.05) is 41.5 Å². The maximum Gasteiger partial charge on any atom is 0.337 e. The molecule has 0 spiro atoms. The third-order valence-electron chi connectivity index (χ3n) is 4.15. The summed E-state index contributed by atoms with van der Waals surface area (Å²) in [5, 5.41) is 2.09. The first-order chi connectivity index (χ1) is 18.1. The average Bonchev–Trinajstić information content (AvgIpc) is 3.28. The number of hydrogen-bond donors (Lipinski definition) is 0. The molecule has 0 radical (unpaired) electrons. The minimum Gasteiger partial charge on any atom is -0.487 e. The molecule has 1 aromatic heterocycles. The minimum atomic E-state index is -0.389. The number of aryl methyl sites for hydroxylation is 1. The predicted octanol–water partition coefficient (Wildman–Crippen LogP) is 9.37. The van der Waals surface area contributed by atoms with Gasteiger partial charge in [0.25, 0.3) is 0 Å². The maximum absolute atomic E-state index is 12.2. The van der Waals surface area contributed by atoms with E-state index in [1.165, 1.54) is 31.0 Å². The zero-order valence-corrected chi connectivity index (χ0v) is 25.0. The van der Waals surface area contributed by atoms with E-state index in [2.05, 4.69) is 21.3 Å². The molecule has 0 atom stereocenters. The van der Waals surface area contributed by atoms with E-state index in [0.29, 0.717) is 33.0 Å². The molecule has 38 heavy (non-hydrogen) atoms. The lowest BCUT2D eigenvalue weighted by Gasteiger charge is -2.06. The Hall–Kier alpha value is -3.10. The monoisotopic (exact) mass is 564 g/mol. The standard InChI is InChI=1S/C19H21ClN2O4S.C8H11F.C2H6/c1-5-15(20)10-21-13(3)27-19-17(22-12(2)26-19)11-25-16-8-6-14(7-9-16)18(23)24-4;1-4-8(9)6-5-7(2)3;1-2/h6-10H,5,11H2,1-4H3;4-6H,1H2,2-3H3;1-2H3/b15-10+,21-13?;8-6+;. The number of allylic oxidation sites excluding steroid dienone is 6. The molecule has 0 aliphatic rings. The number of aliphatic imine (C=N–C) groups is 1. The van der Waals surface area contributed by atoms with E-state index in [-0.39, 0.29) is 18.4 Å². The van der Waals surface area contributed by atoms with Crippen LogP contribution in [-0.2, 0) is 11.3 Å². The van der Waals surface area contributed by atoms with Gasteiger partial charge in [0, 0.05) is 18.2 Å². The van der Waals surface area contributed by atoms with Crippen LogP contribution < -0.4 is 4.74 Å². The van der Waals surface area contributed by atoms with Gasteiger partial charge in [0.2, 0.25) is 0 Å². The number of thioether (sulfide) groups is 1. The van der Waals surface area contributed by atoms with Gasteiger partial charge in [0.05, 0.1) is 17.7 Å². The molecule has 0 saturated carbocycles. The summed E-state index contributed by atoms with van der Waals surface area (Å²) < 4.78 is 28.3. The van der Waals surface area contributed by atoms with Crippen molar-refractivity contribution in [2.45, 2.75) is 66.6 Å². The van der Waals surface area contributed by atoms with Crippen molar-refractivity contribution in [3.8, 4) is 5.75 Å². The van der Waals surface area contributed by atoms with Crippen molar-refractivity contribution in [1.29, 1.82) is 0 Å². The number of aromatic nitrogens is 1. The van der Waals surface area contributed by atoms with Crippen molar-refractivity contribution in [3.05, 3.63) is 88.9 Å². The van der Waals surface area contributed by atoms with E-state index in [9.17, 15) is 9.18 Å². The summed E-state index contributed by atoms with van der Waals surface area (Å²) in [6.45, 7) is 16.9. The van der Waals surface area contributed by atoms with E-state index in [4.69, 9.17) is 20.8 Å². The number of methoxy groups -OCH3 is 1. The summed E-state index contributed by atoms with van der Waals surface area (Å²) in [5.74, 6) is 0.477. The molecule has 0 unspecified atom stereocenters. The lowest BCUT2D eigenvalue weighted by atomic mass is 10.2. The molecule has 6 nitrogen and oxygen atoms in total. The molecule has 2 aromatic rings. The molecule has 0 aliphatic heterocycles. The van der Waals surface area contributed by atoms with Crippen LogP contribution in [0.25, 0.3) is 0 Å². The zero-order chi connectivity index (χ0) is 29.1. The molecular weight excluding hydrogens is 527 g/mol. The lowest BCUT2D eigenvalue weighted by Crippen LogP contribution is -2.01. The molecule has 0 bridgehead atoms. The number of hydrogen-bond acceptors (Lipinski definition) is 7. The first-order valence-corrected chi connectivity index (χ1v) is 13.3. The van der Waals surface area contributed by atoms with Crippen molar-refractivity contribution >= 4 is 34.4 Å². The van der Waals surface area contributed by atoms with Crippen LogP contribution >= 0.6 is 23.4 Å². The van der Waals surface area contributed by atoms with Crippen LogP contribution in [-0.4, -0.2) is 23.1 Å². The highest BCUT2D eigenvalue weighted by atomic mass is 35.5. The summed E-state index contributed by atoms with van der Waals surface area (Å²) in [5.41, 5.74) is 2.21. The first kappa shape index (κ1) is 34.9. The summed E-state index contributed by atoms with van der Waals surface area (Å²) in [6.07, 6.45) is 6.64. The van der Waals surface area contributed by atoms with Crippen LogP contribution in [0, 0.1) is 6.92 Å². The number of halogens is 2. The first-order valence-electron chi connectivity index (χ1n) is 12.1. The second-order valence-electron chi connectivity index (χ2n) is 7.45. The summed E-state index contributed by atoms with van der Waals surface area (Å²) in [6, 6.07) is 6.70. The molecule has 0 N–H and O–H groups in total. The van der Waals surface area contributed by atoms with Gasteiger partial charge < -0.3 is 13.9 Å². The lowest BCUT2D eigenvalue weighted by molar-refractivity contribution is 0.0600. The molecule has 1 aromatic carbocycles. The van der Waals surface area contributed by atoms with Crippen molar-refractivity contribution in [1.82, 2.24) is 4.98 Å². The van der Waals surface area contributed by atoms with E-state index < -0.39 is 0 Å². The van der Waals surface area contributed by atoms with Crippen molar-refractivity contribution in [3.63, 3.8) is 0 Å². The Morgan fingerprint density at radius 2 is 1.84 bits per heavy atom. The Bertz CT molecular complexity index is 1130. The molecule has 9 heteroatoms. The van der Waals surface area contributed by atoms with E-state index >= 15 is 0 Å². The number of nitrogens with zero attached hydrogens (tertiary/aromatic N) is 2. The molecule has 208 valence electrons. The van der Waals surface area contributed by atoms with Gasteiger partial charge in [0.15, 0.2) is 11.0 Å². The van der Waals surface area contributed by atoms with Crippen molar-refractivity contribution in [2.75, 3.05) is 7.11 Å². The minimum absolute atomic E-state index is 0.232. The highest BCUT2D eigenvalue weighted by Crippen LogP contribution is 2.27. The SMILES string of the molecule is C=C/C(F)=C\C=C(C)C.CC.CC/C(Cl)=C\N=C(C)Sc1oc(C)nc1COc1ccc(C(=O)OC)cc1. The van der Waals surface area contributed by atoms with Gasteiger partial charge in [-0.2, -0.15) is 0 Å². The molecule has 0 fully saturated rings. The summed E-state index contributed by atoms with van der Waals surface area (Å²) >= 11 is 7.33. The second-order valence-corrected chi connectivity index (χ2v) is 9.10. The topological polar surface area (TPSA) is 73.9 Å². The molecular formula is C29H38ClFN2O4S. The Labute approximate surface area is 235 Å². The fraction of sp³-hybridized carbons (Fsp3) is 0.345. The van der Waals surface area contributed by atoms with Gasteiger partial charge in [-0.1, -0.05) is 50.6 Å². The summed E-state index contributed by atoms with van der Waals surface area (Å²) in [4.78, 5) is 20.1. The number of benzene rings is 1. The number of esters is 1. The normalized spacial score (nSPS) is 11.4. The van der Waals surface area contributed by atoms with Crippen LogP contribution in [0.3, 0.4) is 0 Å². The van der Waals surface area contributed by atoms with Crippen LogP contribution in [0.1, 0.15) is 69.9 Å². The van der Waals surface area contributed by atoms with E-state index in [1.54, 1.807) is 43.5 Å². The fourth-order valence-corrected chi connectivity index (χ4v) is 3.11. The number of oxazole rings is 1. The predicted molar refractivity (Wildman–Crippen MR) is 157 cm³/mol. The number of carbonyl (C=O) groups is 1. The highest BCUT2D eigenvalue weighted by Gasteiger charge is 2.14. The van der Waals surface area contributed by atoms with Gasteiger partial charge in [-0.15, -0.1) is 0 Å². The van der Waals surface area contributed by atoms with Gasteiger partial charge in [-0.3, -0.25) is 4.99 Å². The van der Waals surface area contributed by atoms with Gasteiger partial charge in [0.1, 0.15) is 23.9 Å². The van der Waals surface area contributed by atoms with Crippen LogP contribution in [0.15, 0.2) is 86.2 Å². The number of rotatable bonds is 9. The molecule has 0 amide bonds. The second kappa shape index (κ2) is 19.9. The van der Waals surface area contributed by atoms with Gasteiger partial charge in [-0.05, 0) is 75.4 Å². The Morgan fingerprint density at radius 1 is 1.21 bits per heavy atom. The Kier molecular flexibility index (Phi) is 18.3. The number of carbonyl (C=O) groups excluding carboxylic acids is 1. The van der Waals surface area contributed by atoms with Gasteiger partial charge in [-0.25, -0.2) is 14.2 Å². The Balaban J connectivity index is 0.00000105. The molecule has 2 rings (SSSR count). The van der Waals surface area contributed by atoms with Gasteiger partial charge >= 0.3 is 5.97 Å². The largest absolute Gasteiger partial charge is 0.487 e. The summed E-state index contributed by atoms with van der Waals surface area (Å²) in [7, 11) is 1.34. The van der Waals surface area contributed by atoms with Crippen molar-refractivity contribution in [2.24, 2.45) is 4.99 Å². The average molecular weight is 565 g/mol. The fourth-order valence-electron chi connectivity index (χ4n) is 2.31. The van der Waals surface area contributed by atoms with E-state index in [0.717, 1.165) is 17.0 Å². The van der Waals surface area contributed by atoms with Crippen LogP contribution in [0.2, 0.25) is 0 Å².